The fourth-order valence-electron chi connectivity index (χ4n) is 5.89. The van der Waals surface area contributed by atoms with Crippen LogP contribution in [-0.4, -0.2) is 29.9 Å². The molecule has 0 saturated carbocycles. The Morgan fingerprint density at radius 2 is 0.633 bits per heavy atom. The molecule has 8 rings (SSSR count). The van der Waals surface area contributed by atoms with Gasteiger partial charge in [-0.1, -0.05) is 121 Å². The Balaban J connectivity index is 1.11. The van der Waals surface area contributed by atoms with Crippen LogP contribution in [0.15, 0.2) is 181 Å². The summed E-state index contributed by atoms with van der Waals surface area (Å²) in [4.78, 5) is 27.6. The quantitative estimate of drug-likeness (QED) is 0.162. The zero-order valence-electron chi connectivity index (χ0n) is 26.3. The standard InChI is InChI=1S/C42H28N6S/c1-3-19-39(37(17-1)33-13-5-9-29(21-33)31-11-7-15-35(23-31)41-45-25-43-26-46-41)49-40-20-4-2-18-38(40)34-14-6-10-30(22-34)32-12-8-16-36(24-32)42-47-27-44-28-48-42/h1-28H. The van der Waals surface area contributed by atoms with Crippen molar-refractivity contribution in [3.63, 3.8) is 0 Å². The van der Waals surface area contributed by atoms with Crippen LogP contribution >= 0.6 is 11.8 Å². The third kappa shape index (κ3) is 6.61. The highest BCUT2D eigenvalue weighted by Crippen LogP contribution is 2.42. The van der Waals surface area contributed by atoms with Crippen molar-refractivity contribution in [3.05, 3.63) is 171 Å². The van der Waals surface area contributed by atoms with Gasteiger partial charge in [0.25, 0.3) is 0 Å². The first-order valence-corrected chi connectivity index (χ1v) is 16.6. The molecule has 7 heteroatoms. The van der Waals surface area contributed by atoms with Crippen molar-refractivity contribution >= 4 is 11.8 Å². The Kier molecular flexibility index (Phi) is 8.47. The maximum Gasteiger partial charge on any atom is 0.162 e. The molecule has 49 heavy (non-hydrogen) atoms. The average Bonchev–Trinajstić information content (AvgIpc) is 3.19. The molecule has 0 fully saturated rings. The van der Waals surface area contributed by atoms with E-state index in [1.165, 1.54) is 46.2 Å². The van der Waals surface area contributed by atoms with E-state index in [2.05, 4.69) is 151 Å². The number of benzene rings is 6. The van der Waals surface area contributed by atoms with Crippen LogP contribution in [0.3, 0.4) is 0 Å². The summed E-state index contributed by atoms with van der Waals surface area (Å²) in [5, 5.41) is 0. The molecule has 6 nitrogen and oxygen atoms in total. The van der Waals surface area contributed by atoms with Crippen LogP contribution < -0.4 is 0 Å². The van der Waals surface area contributed by atoms with Gasteiger partial charge < -0.3 is 0 Å². The van der Waals surface area contributed by atoms with E-state index in [1.54, 1.807) is 11.8 Å². The predicted octanol–water partition coefficient (Wildman–Crippen LogP) is 10.2. The molecule has 2 aromatic heterocycles. The highest BCUT2D eigenvalue weighted by Gasteiger charge is 2.13. The third-order valence-corrected chi connectivity index (χ3v) is 9.39. The maximum absolute atomic E-state index is 4.33. The largest absolute Gasteiger partial charge is 0.225 e. The second-order valence-corrected chi connectivity index (χ2v) is 12.4. The molecule has 2 heterocycles. The minimum Gasteiger partial charge on any atom is -0.225 e. The highest BCUT2D eigenvalue weighted by molar-refractivity contribution is 7.99. The lowest BCUT2D eigenvalue weighted by atomic mass is 9.98. The molecule has 0 saturated heterocycles. The molecule has 0 amide bonds. The van der Waals surface area contributed by atoms with Gasteiger partial charge in [-0.15, -0.1) is 0 Å². The molecule has 0 aliphatic rings. The van der Waals surface area contributed by atoms with E-state index in [1.807, 2.05) is 24.3 Å². The molecule has 6 aromatic carbocycles. The zero-order chi connectivity index (χ0) is 32.8. The summed E-state index contributed by atoms with van der Waals surface area (Å²) in [7, 11) is 0. The molecule has 8 aromatic rings. The Bertz CT molecular complexity index is 2210. The van der Waals surface area contributed by atoms with E-state index >= 15 is 0 Å². The smallest absolute Gasteiger partial charge is 0.162 e. The Morgan fingerprint density at radius 1 is 0.306 bits per heavy atom. The summed E-state index contributed by atoms with van der Waals surface area (Å²) in [6, 6.07) is 51.3. The summed E-state index contributed by atoms with van der Waals surface area (Å²) in [5.41, 5.74) is 11.1. The minimum atomic E-state index is 0.659. The molecule has 0 aliphatic carbocycles. The van der Waals surface area contributed by atoms with Gasteiger partial charge in [-0.2, -0.15) is 0 Å². The van der Waals surface area contributed by atoms with E-state index in [0.717, 1.165) is 44.5 Å². The first kappa shape index (κ1) is 30.1. The van der Waals surface area contributed by atoms with E-state index in [9.17, 15) is 0 Å². The van der Waals surface area contributed by atoms with Crippen LogP contribution in [0.5, 0.6) is 0 Å². The molecule has 0 unspecified atom stereocenters. The molecule has 0 aliphatic heterocycles. The predicted molar refractivity (Wildman–Crippen MR) is 196 cm³/mol. The van der Waals surface area contributed by atoms with Crippen molar-refractivity contribution in [3.8, 4) is 67.3 Å². The summed E-state index contributed by atoms with van der Waals surface area (Å²) >= 11 is 1.79. The Hall–Kier alpha value is -6.31. The fraction of sp³-hybridized carbons (Fsp3) is 0. The summed E-state index contributed by atoms with van der Waals surface area (Å²) in [6.45, 7) is 0. The van der Waals surface area contributed by atoms with Crippen molar-refractivity contribution in [2.24, 2.45) is 0 Å². The molecule has 0 bridgehead atoms. The first-order valence-electron chi connectivity index (χ1n) is 15.8. The Labute approximate surface area is 288 Å². The van der Waals surface area contributed by atoms with Crippen LogP contribution in [0.25, 0.3) is 67.3 Å². The van der Waals surface area contributed by atoms with Crippen LogP contribution in [0.4, 0.5) is 0 Å². The highest BCUT2D eigenvalue weighted by atomic mass is 32.2. The average molecular weight is 649 g/mol. The van der Waals surface area contributed by atoms with E-state index < -0.39 is 0 Å². The van der Waals surface area contributed by atoms with Gasteiger partial charge in [-0.3, -0.25) is 0 Å². The van der Waals surface area contributed by atoms with Gasteiger partial charge in [0.2, 0.25) is 0 Å². The van der Waals surface area contributed by atoms with Crippen molar-refractivity contribution in [1.82, 2.24) is 29.9 Å². The van der Waals surface area contributed by atoms with Crippen molar-refractivity contribution < 1.29 is 0 Å². The van der Waals surface area contributed by atoms with E-state index in [4.69, 9.17) is 0 Å². The lowest BCUT2D eigenvalue weighted by Gasteiger charge is -2.14. The van der Waals surface area contributed by atoms with Crippen LogP contribution in [0, 0.1) is 0 Å². The van der Waals surface area contributed by atoms with Gasteiger partial charge in [-0.25, -0.2) is 29.9 Å². The number of nitrogens with zero attached hydrogens (tertiary/aromatic N) is 6. The molecule has 0 radical (unpaired) electrons. The van der Waals surface area contributed by atoms with Gasteiger partial charge in [0.15, 0.2) is 11.6 Å². The maximum atomic E-state index is 4.33. The van der Waals surface area contributed by atoms with Gasteiger partial charge in [0.1, 0.15) is 25.3 Å². The van der Waals surface area contributed by atoms with E-state index in [0.29, 0.717) is 11.6 Å². The lowest BCUT2D eigenvalue weighted by Crippen LogP contribution is -1.90. The van der Waals surface area contributed by atoms with Crippen LogP contribution in [-0.2, 0) is 0 Å². The molecule has 0 spiro atoms. The van der Waals surface area contributed by atoms with E-state index in [-0.39, 0.29) is 0 Å². The summed E-state index contributed by atoms with van der Waals surface area (Å²) in [5.74, 6) is 1.32. The zero-order valence-corrected chi connectivity index (χ0v) is 27.1. The van der Waals surface area contributed by atoms with Crippen molar-refractivity contribution in [2.75, 3.05) is 0 Å². The molecule has 0 N–H and O–H groups in total. The summed E-state index contributed by atoms with van der Waals surface area (Å²) in [6.07, 6.45) is 6.10. The van der Waals surface area contributed by atoms with Gasteiger partial charge in [-0.05, 0) is 80.9 Å². The fourth-order valence-corrected chi connectivity index (χ4v) is 7.01. The van der Waals surface area contributed by atoms with Crippen molar-refractivity contribution in [2.45, 2.75) is 9.79 Å². The first-order chi connectivity index (χ1) is 24.3. The second kappa shape index (κ2) is 13.8. The number of hydrogen-bond donors (Lipinski definition) is 0. The van der Waals surface area contributed by atoms with Crippen LogP contribution in [0.2, 0.25) is 0 Å². The number of rotatable bonds is 8. The van der Waals surface area contributed by atoms with Gasteiger partial charge >= 0.3 is 0 Å². The van der Waals surface area contributed by atoms with Gasteiger partial charge in [0.05, 0.1) is 0 Å². The third-order valence-electron chi connectivity index (χ3n) is 8.24. The molecular formula is C42H28N6S. The summed E-state index contributed by atoms with van der Waals surface area (Å²) < 4.78 is 0. The van der Waals surface area contributed by atoms with Crippen LogP contribution in [0.1, 0.15) is 0 Å². The molecule has 0 atom stereocenters. The normalized spacial score (nSPS) is 10.9. The number of aromatic nitrogens is 6. The molecule has 232 valence electrons. The monoisotopic (exact) mass is 648 g/mol. The number of hydrogen-bond acceptors (Lipinski definition) is 7. The topological polar surface area (TPSA) is 77.3 Å². The molecular weight excluding hydrogens is 621 g/mol. The van der Waals surface area contributed by atoms with Gasteiger partial charge in [0, 0.05) is 20.9 Å². The van der Waals surface area contributed by atoms with Crippen molar-refractivity contribution in [1.29, 1.82) is 0 Å². The SMILES string of the molecule is c1cc(-c2cccc(-c3ccccc3Sc3ccccc3-c3cccc(-c4cccc(-c5ncncn5)c4)c3)c2)cc(-c2ncncn2)c1. The lowest BCUT2D eigenvalue weighted by molar-refractivity contribution is 1.06. The minimum absolute atomic E-state index is 0.659. The Morgan fingerprint density at radius 3 is 1.04 bits per heavy atom. The second-order valence-electron chi connectivity index (χ2n) is 11.3.